The normalized spacial score (nSPS) is 17.6. The zero-order chi connectivity index (χ0) is 19.0. The number of carbonyl (C=O) groups is 1. The highest BCUT2D eigenvalue weighted by Gasteiger charge is 2.35. The Morgan fingerprint density at radius 3 is 2.19 bits per heavy atom. The van der Waals surface area contributed by atoms with Crippen molar-refractivity contribution in [1.29, 1.82) is 0 Å². The third kappa shape index (κ3) is 4.87. The van der Waals surface area contributed by atoms with Crippen molar-refractivity contribution >= 4 is 5.97 Å². The molecule has 1 aliphatic rings. The molecule has 1 saturated carbocycles. The summed E-state index contributed by atoms with van der Waals surface area (Å²) in [5.74, 6) is 0.898. The van der Waals surface area contributed by atoms with E-state index >= 15 is 0 Å². The van der Waals surface area contributed by atoms with Gasteiger partial charge < -0.3 is 9.47 Å². The van der Waals surface area contributed by atoms with Crippen molar-refractivity contribution in [3.63, 3.8) is 0 Å². The summed E-state index contributed by atoms with van der Waals surface area (Å²) in [6, 6.07) is 8.44. The molecule has 0 spiro atoms. The number of benzene rings is 1. The smallest absolute Gasteiger partial charge is 0.308 e. The third-order valence-electron chi connectivity index (χ3n) is 5.19. The van der Waals surface area contributed by atoms with Gasteiger partial charge in [-0.2, -0.15) is 0 Å². The minimum atomic E-state index is -0.346. The molecule has 0 amide bonds. The van der Waals surface area contributed by atoms with E-state index in [0.29, 0.717) is 5.76 Å². The Hall–Kier alpha value is -2.29. The Morgan fingerprint density at radius 1 is 1.08 bits per heavy atom. The second-order valence-electron chi connectivity index (χ2n) is 6.86. The van der Waals surface area contributed by atoms with E-state index in [1.807, 2.05) is 12.1 Å². The Kier molecular flexibility index (Phi) is 7.26. The van der Waals surface area contributed by atoms with E-state index in [-0.39, 0.29) is 11.4 Å². The van der Waals surface area contributed by atoms with Crippen LogP contribution in [0.5, 0.6) is 5.75 Å². The van der Waals surface area contributed by atoms with E-state index in [1.54, 1.807) is 13.2 Å². The van der Waals surface area contributed by atoms with Crippen molar-refractivity contribution in [3.05, 3.63) is 66.0 Å². The van der Waals surface area contributed by atoms with E-state index in [2.05, 4.69) is 37.8 Å². The maximum Gasteiger partial charge on any atom is 0.308 e. The minimum Gasteiger partial charge on any atom is -0.497 e. The quantitative estimate of drug-likeness (QED) is 0.277. The molecule has 1 aliphatic carbocycles. The number of hydrogen-bond donors (Lipinski definition) is 0. The average molecular weight is 354 g/mol. The van der Waals surface area contributed by atoms with Gasteiger partial charge in [0.15, 0.2) is 0 Å². The van der Waals surface area contributed by atoms with Crippen LogP contribution in [0.4, 0.5) is 0 Å². The van der Waals surface area contributed by atoms with Gasteiger partial charge in [0, 0.05) is 12.3 Å². The van der Waals surface area contributed by atoms with Crippen molar-refractivity contribution in [1.82, 2.24) is 0 Å². The number of ether oxygens (including phenoxy) is 2. The first-order valence-electron chi connectivity index (χ1n) is 9.38. The monoisotopic (exact) mass is 354 g/mol. The van der Waals surface area contributed by atoms with Crippen LogP contribution in [-0.2, 0) is 14.9 Å². The molecule has 0 heterocycles. The van der Waals surface area contributed by atoms with Gasteiger partial charge in [0.1, 0.15) is 11.5 Å². The molecule has 3 nitrogen and oxygen atoms in total. The van der Waals surface area contributed by atoms with Crippen LogP contribution in [0.2, 0.25) is 0 Å². The molecule has 2 rings (SSSR count). The van der Waals surface area contributed by atoms with Gasteiger partial charge in [0.2, 0.25) is 0 Å². The van der Waals surface area contributed by atoms with Gasteiger partial charge in [-0.1, -0.05) is 56.5 Å². The standard InChI is InChI=1S/C23H30O3/c1-5-20(11-10-18(2)26-19(3)24)23(16-8-6-7-9-17-23)21-12-14-22(25-4)15-13-21/h5,10-15H,2,6-9,16-17H2,1,3-4H3/b11-10-,20-5+. The Labute approximate surface area is 157 Å². The van der Waals surface area contributed by atoms with Crippen LogP contribution in [-0.4, -0.2) is 13.1 Å². The lowest BCUT2D eigenvalue weighted by Crippen LogP contribution is -2.27. The van der Waals surface area contributed by atoms with E-state index in [0.717, 1.165) is 18.6 Å². The molecular weight excluding hydrogens is 324 g/mol. The fourth-order valence-corrected chi connectivity index (χ4v) is 3.92. The molecule has 3 heteroatoms. The Bertz CT molecular complexity index is 672. The fourth-order valence-electron chi connectivity index (χ4n) is 3.92. The average Bonchev–Trinajstić information content (AvgIpc) is 2.89. The molecular formula is C23H30O3. The van der Waals surface area contributed by atoms with Crippen molar-refractivity contribution in [2.45, 2.75) is 57.8 Å². The van der Waals surface area contributed by atoms with Crippen LogP contribution in [0.3, 0.4) is 0 Å². The molecule has 0 radical (unpaired) electrons. The van der Waals surface area contributed by atoms with Gasteiger partial charge >= 0.3 is 5.97 Å². The lowest BCUT2D eigenvalue weighted by Gasteiger charge is -2.35. The molecule has 0 aromatic heterocycles. The highest BCUT2D eigenvalue weighted by atomic mass is 16.5. The number of hydrogen-bond acceptors (Lipinski definition) is 3. The van der Waals surface area contributed by atoms with Gasteiger partial charge in [-0.3, -0.25) is 4.79 Å². The maximum atomic E-state index is 11.1. The van der Waals surface area contributed by atoms with Crippen molar-refractivity contribution < 1.29 is 14.3 Å². The molecule has 1 aromatic rings. The number of esters is 1. The maximum absolute atomic E-state index is 11.1. The van der Waals surface area contributed by atoms with E-state index in [9.17, 15) is 4.79 Å². The number of methoxy groups -OCH3 is 1. The predicted octanol–water partition coefficient (Wildman–Crippen LogP) is 5.87. The predicted molar refractivity (Wildman–Crippen MR) is 106 cm³/mol. The van der Waals surface area contributed by atoms with Crippen molar-refractivity contribution in [3.8, 4) is 5.75 Å². The second-order valence-corrected chi connectivity index (χ2v) is 6.86. The van der Waals surface area contributed by atoms with Gasteiger partial charge in [0.25, 0.3) is 0 Å². The van der Waals surface area contributed by atoms with E-state index in [4.69, 9.17) is 9.47 Å². The summed E-state index contributed by atoms with van der Waals surface area (Å²) in [5, 5.41) is 0. The van der Waals surface area contributed by atoms with E-state index in [1.165, 1.54) is 43.7 Å². The molecule has 0 unspecified atom stereocenters. The second kappa shape index (κ2) is 9.42. The molecule has 0 aliphatic heterocycles. The zero-order valence-corrected chi connectivity index (χ0v) is 16.2. The molecule has 26 heavy (non-hydrogen) atoms. The molecule has 0 bridgehead atoms. The first-order chi connectivity index (χ1) is 12.5. The van der Waals surface area contributed by atoms with Crippen molar-refractivity contribution in [2.24, 2.45) is 0 Å². The summed E-state index contributed by atoms with van der Waals surface area (Å²) in [5.41, 5.74) is 2.54. The molecule has 0 N–H and O–H groups in total. The largest absolute Gasteiger partial charge is 0.497 e. The highest BCUT2D eigenvalue weighted by molar-refractivity contribution is 5.67. The van der Waals surface area contributed by atoms with E-state index < -0.39 is 0 Å². The first kappa shape index (κ1) is 20.0. The molecule has 0 atom stereocenters. The summed E-state index contributed by atoms with van der Waals surface area (Å²) in [6.07, 6.45) is 13.2. The number of rotatable bonds is 6. The highest BCUT2D eigenvalue weighted by Crippen LogP contribution is 2.45. The topological polar surface area (TPSA) is 35.5 Å². The van der Waals surface area contributed by atoms with Crippen LogP contribution in [0, 0.1) is 0 Å². The Balaban J connectivity index is 2.39. The van der Waals surface area contributed by atoms with Crippen LogP contribution in [0.15, 0.2) is 60.4 Å². The number of carbonyl (C=O) groups excluding carboxylic acids is 1. The third-order valence-corrected chi connectivity index (χ3v) is 5.19. The van der Waals surface area contributed by atoms with Crippen LogP contribution < -0.4 is 4.74 Å². The lowest BCUT2D eigenvalue weighted by molar-refractivity contribution is -0.136. The SMILES string of the molecule is C=C(/C=C\C(=C/C)C1(c2ccc(OC)cc2)CCCCCC1)OC(C)=O. The number of allylic oxidation sites excluding steroid dienone is 4. The molecule has 1 fully saturated rings. The summed E-state index contributed by atoms with van der Waals surface area (Å²) >= 11 is 0. The summed E-state index contributed by atoms with van der Waals surface area (Å²) in [6.45, 7) is 7.27. The van der Waals surface area contributed by atoms with Crippen LogP contribution in [0.25, 0.3) is 0 Å². The zero-order valence-electron chi connectivity index (χ0n) is 16.2. The summed E-state index contributed by atoms with van der Waals surface area (Å²) in [7, 11) is 1.69. The lowest BCUT2D eigenvalue weighted by atomic mass is 9.68. The van der Waals surface area contributed by atoms with Crippen LogP contribution in [0.1, 0.15) is 57.9 Å². The van der Waals surface area contributed by atoms with Gasteiger partial charge in [-0.05, 0) is 49.1 Å². The molecule has 0 saturated heterocycles. The molecule has 1 aromatic carbocycles. The minimum absolute atomic E-state index is 0.0233. The van der Waals surface area contributed by atoms with Crippen LogP contribution >= 0.6 is 0 Å². The molecule has 140 valence electrons. The van der Waals surface area contributed by atoms with Gasteiger partial charge in [0.05, 0.1) is 7.11 Å². The summed E-state index contributed by atoms with van der Waals surface area (Å²) in [4.78, 5) is 11.1. The fraction of sp³-hybridized carbons (Fsp3) is 0.435. The van der Waals surface area contributed by atoms with Gasteiger partial charge in [-0.25, -0.2) is 0 Å². The summed E-state index contributed by atoms with van der Waals surface area (Å²) < 4.78 is 10.4. The Morgan fingerprint density at radius 2 is 1.69 bits per heavy atom. The van der Waals surface area contributed by atoms with Crippen molar-refractivity contribution in [2.75, 3.05) is 7.11 Å². The van der Waals surface area contributed by atoms with Gasteiger partial charge in [-0.15, -0.1) is 0 Å². The first-order valence-corrected chi connectivity index (χ1v) is 9.38.